The molecule has 0 heterocycles. The van der Waals surface area contributed by atoms with Crippen molar-refractivity contribution in [3.8, 4) is 0 Å². The van der Waals surface area contributed by atoms with Gasteiger partial charge in [-0.2, -0.15) is 0 Å². The van der Waals surface area contributed by atoms with E-state index in [0.29, 0.717) is 12.8 Å². The number of amides is 2. The molecular weight excluding hydrogens is 378 g/mol. The summed E-state index contributed by atoms with van der Waals surface area (Å²) in [5.41, 5.74) is 6.49. The zero-order chi connectivity index (χ0) is 24.2. The van der Waals surface area contributed by atoms with Crippen LogP contribution < -0.4 is 11.1 Å². The minimum absolute atomic E-state index is 0.205. The van der Waals surface area contributed by atoms with E-state index in [0.717, 1.165) is 37.9 Å². The van der Waals surface area contributed by atoms with E-state index in [1.54, 1.807) is 0 Å². The average Bonchev–Trinajstić information content (AvgIpc) is 2.78. The van der Waals surface area contributed by atoms with Crippen LogP contribution in [0.1, 0.15) is 65.5 Å². The first-order valence-electron chi connectivity index (χ1n) is 10.7. The van der Waals surface area contributed by atoms with Gasteiger partial charge in [-0.25, -0.2) is 0 Å². The number of rotatable bonds is 8. The van der Waals surface area contributed by atoms with Crippen LogP contribution in [-0.4, -0.2) is 43.6 Å². The molecule has 1 aromatic carbocycles. The van der Waals surface area contributed by atoms with E-state index in [-0.39, 0.29) is 12.3 Å². The Morgan fingerprint density at radius 2 is 1.37 bits per heavy atom. The first kappa shape index (κ1) is 35.0. The van der Waals surface area contributed by atoms with Gasteiger partial charge in [0.2, 0.25) is 12.3 Å². The maximum Gasteiger partial charge on any atom is 0.226 e. The van der Waals surface area contributed by atoms with Crippen LogP contribution in [0.5, 0.6) is 0 Å². The van der Waals surface area contributed by atoms with Crippen LogP contribution in [0.4, 0.5) is 0 Å². The Balaban J connectivity index is -0.000000214. The number of nitrogens with two attached hydrogens (primary N) is 1. The molecule has 0 aliphatic carbocycles. The maximum atomic E-state index is 11.9. The molecule has 0 bridgehead atoms. The summed E-state index contributed by atoms with van der Waals surface area (Å²) in [5, 5.41) is 3.11. The molecule has 0 aliphatic rings. The molecule has 3 N–H and O–H groups in total. The van der Waals surface area contributed by atoms with Crippen LogP contribution in [0, 0.1) is 0 Å². The molecule has 0 spiro atoms. The molecule has 0 saturated carbocycles. The summed E-state index contributed by atoms with van der Waals surface area (Å²) < 4.78 is 0. The minimum atomic E-state index is 0.205. The number of carbonyl (C=O) groups excluding carboxylic acids is 3. The molecule has 0 atom stereocenters. The normalized spacial score (nSPS) is 8.10. The highest BCUT2D eigenvalue weighted by atomic mass is 16.2. The molecule has 0 aromatic heterocycles. The monoisotopic (exact) mass is 423 g/mol. The van der Waals surface area contributed by atoms with Gasteiger partial charge < -0.3 is 20.7 Å². The maximum absolute atomic E-state index is 11.9. The average molecular weight is 424 g/mol. The van der Waals surface area contributed by atoms with Crippen LogP contribution in [0.2, 0.25) is 0 Å². The van der Waals surface area contributed by atoms with Crippen molar-refractivity contribution in [1.29, 1.82) is 0 Å². The van der Waals surface area contributed by atoms with Crippen molar-refractivity contribution in [2.75, 3.05) is 20.1 Å². The van der Waals surface area contributed by atoms with Crippen molar-refractivity contribution < 1.29 is 14.4 Å². The SMILES string of the molecule is C=CCC.CC.CCC=O.CCN(CC)C(=O)Cc1ccc(CNC)cc1.NC=O. The zero-order valence-electron chi connectivity index (χ0n) is 20.2. The molecule has 0 saturated heterocycles. The summed E-state index contributed by atoms with van der Waals surface area (Å²) >= 11 is 0. The predicted molar refractivity (Wildman–Crippen MR) is 129 cm³/mol. The second-order valence-corrected chi connectivity index (χ2v) is 5.50. The molecule has 6 heteroatoms. The van der Waals surface area contributed by atoms with Gasteiger partial charge in [0.05, 0.1) is 6.42 Å². The number of hydrogen-bond donors (Lipinski definition) is 2. The fourth-order valence-corrected chi connectivity index (χ4v) is 1.84. The predicted octanol–water partition coefficient (Wildman–Crippen LogP) is 4.12. The number of allylic oxidation sites excluding steroid dienone is 1. The molecule has 0 aliphatic heterocycles. The van der Waals surface area contributed by atoms with Gasteiger partial charge in [-0.3, -0.25) is 9.59 Å². The van der Waals surface area contributed by atoms with Crippen molar-refractivity contribution >= 4 is 18.6 Å². The highest BCUT2D eigenvalue weighted by molar-refractivity contribution is 5.78. The van der Waals surface area contributed by atoms with E-state index >= 15 is 0 Å². The molecular formula is C24H45N3O3. The van der Waals surface area contributed by atoms with E-state index in [1.807, 2.05) is 64.8 Å². The Kier molecular flexibility index (Phi) is 36.4. The summed E-state index contributed by atoms with van der Waals surface area (Å²) in [7, 11) is 1.93. The second-order valence-electron chi connectivity index (χ2n) is 5.50. The molecule has 1 rings (SSSR count). The van der Waals surface area contributed by atoms with Gasteiger partial charge in [0.1, 0.15) is 6.29 Å². The van der Waals surface area contributed by atoms with Crippen molar-refractivity contribution in [3.05, 3.63) is 48.0 Å². The lowest BCUT2D eigenvalue weighted by Crippen LogP contribution is -2.31. The van der Waals surface area contributed by atoms with Gasteiger partial charge in [0, 0.05) is 26.1 Å². The van der Waals surface area contributed by atoms with Gasteiger partial charge >= 0.3 is 0 Å². The third-order valence-electron chi connectivity index (χ3n) is 3.33. The number of likely N-dealkylation sites (N-methyl/N-ethyl adjacent to an activating group) is 1. The quantitative estimate of drug-likeness (QED) is 0.486. The van der Waals surface area contributed by atoms with E-state index in [1.165, 1.54) is 5.56 Å². The Morgan fingerprint density at radius 3 is 1.63 bits per heavy atom. The Bertz CT molecular complexity index is 491. The van der Waals surface area contributed by atoms with Crippen LogP contribution in [-0.2, 0) is 27.3 Å². The minimum Gasteiger partial charge on any atom is -0.372 e. The molecule has 0 unspecified atom stereocenters. The highest BCUT2D eigenvalue weighted by Crippen LogP contribution is 2.06. The number of primary amides is 1. The van der Waals surface area contributed by atoms with Crippen LogP contribution >= 0.6 is 0 Å². The van der Waals surface area contributed by atoms with Crippen molar-refractivity contribution in [2.24, 2.45) is 5.73 Å². The van der Waals surface area contributed by atoms with Gasteiger partial charge in [0.25, 0.3) is 0 Å². The van der Waals surface area contributed by atoms with Crippen molar-refractivity contribution in [1.82, 2.24) is 10.2 Å². The lowest BCUT2D eigenvalue weighted by molar-refractivity contribution is -0.130. The standard InChI is InChI=1S/C14H22N2O.C4H8.C3H6O.C2H6.CH3NO/c1-4-16(5-2)14(17)10-12-6-8-13(9-7-12)11-15-3;1-3-4-2;1-2-3-4;1-2;2-1-3/h6-9,15H,4-5,10-11H2,1-3H3;3H,1,4H2,2H3;3H,2H2,1H3;1-2H3;1H,(H2,2,3). The van der Waals surface area contributed by atoms with E-state index in [2.05, 4.69) is 36.7 Å². The Hall–Kier alpha value is -2.47. The second kappa shape index (κ2) is 31.2. The number of aldehydes is 1. The lowest BCUT2D eigenvalue weighted by Gasteiger charge is -2.18. The van der Waals surface area contributed by atoms with E-state index < -0.39 is 0 Å². The number of carbonyl (C=O) groups is 3. The third kappa shape index (κ3) is 25.5. The largest absolute Gasteiger partial charge is 0.372 e. The van der Waals surface area contributed by atoms with Gasteiger partial charge in [-0.1, -0.05) is 58.0 Å². The summed E-state index contributed by atoms with van der Waals surface area (Å²) in [6, 6.07) is 8.21. The highest BCUT2D eigenvalue weighted by Gasteiger charge is 2.09. The van der Waals surface area contributed by atoms with E-state index in [4.69, 9.17) is 4.79 Å². The molecule has 1 aromatic rings. The molecule has 2 amide bonds. The Morgan fingerprint density at radius 1 is 1.00 bits per heavy atom. The summed E-state index contributed by atoms with van der Waals surface area (Å²) in [4.78, 5) is 31.5. The molecule has 30 heavy (non-hydrogen) atoms. The summed E-state index contributed by atoms with van der Waals surface area (Å²) in [5.74, 6) is 0.205. The Labute approximate surface area is 184 Å². The van der Waals surface area contributed by atoms with Crippen molar-refractivity contribution in [2.45, 2.75) is 67.3 Å². The van der Waals surface area contributed by atoms with Crippen LogP contribution in [0.15, 0.2) is 36.9 Å². The topological polar surface area (TPSA) is 92.5 Å². The van der Waals surface area contributed by atoms with Gasteiger partial charge in [0.15, 0.2) is 0 Å². The zero-order valence-corrected chi connectivity index (χ0v) is 20.2. The lowest BCUT2D eigenvalue weighted by atomic mass is 10.1. The first-order chi connectivity index (χ1) is 14.4. The number of nitrogens with zero attached hydrogens (tertiary/aromatic N) is 1. The first-order valence-corrected chi connectivity index (χ1v) is 10.7. The number of hydrogen-bond acceptors (Lipinski definition) is 4. The summed E-state index contributed by atoms with van der Waals surface area (Å²) in [6.45, 7) is 17.8. The third-order valence-corrected chi connectivity index (χ3v) is 3.33. The number of benzene rings is 1. The molecule has 0 fully saturated rings. The fourth-order valence-electron chi connectivity index (χ4n) is 1.84. The van der Waals surface area contributed by atoms with Crippen molar-refractivity contribution in [3.63, 3.8) is 0 Å². The smallest absolute Gasteiger partial charge is 0.226 e. The molecule has 174 valence electrons. The number of nitrogens with one attached hydrogen (secondary N) is 1. The van der Waals surface area contributed by atoms with E-state index in [9.17, 15) is 9.59 Å². The molecule has 0 radical (unpaired) electrons. The molecule has 6 nitrogen and oxygen atoms in total. The van der Waals surface area contributed by atoms with Crippen LogP contribution in [0.3, 0.4) is 0 Å². The van der Waals surface area contributed by atoms with Gasteiger partial charge in [-0.15, -0.1) is 6.58 Å². The van der Waals surface area contributed by atoms with Crippen LogP contribution in [0.25, 0.3) is 0 Å². The fraction of sp³-hybridized carbons (Fsp3) is 0.542. The van der Waals surface area contributed by atoms with Gasteiger partial charge in [-0.05, 0) is 38.4 Å². The summed E-state index contributed by atoms with van der Waals surface area (Å²) in [6.07, 6.45) is 5.22.